The van der Waals surface area contributed by atoms with Crippen molar-refractivity contribution in [2.24, 2.45) is 5.92 Å². The van der Waals surface area contributed by atoms with Gasteiger partial charge in [0, 0.05) is 32.4 Å². The number of nitrogens with one attached hydrogen (secondary N) is 1. The Morgan fingerprint density at radius 2 is 2.10 bits per heavy atom. The molecule has 0 unspecified atom stereocenters. The number of hydrogen-bond donors (Lipinski definition) is 1. The van der Waals surface area contributed by atoms with Crippen LogP contribution in [0.1, 0.15) is 32.3 Å². The van der Waals surface area contributed by atoms with Gasteiger partial charge in [-0.15, -0.1) is 0 Å². The van der Waals surface area contributed by atoms with Gasteiger partial charge in [-0.2, -0.15) is 4.31 Å². The second-order valence-electron chi connectivity index (χ2n) is 5.84. The summed E-state index contributed by atoms with van der Waals surface area (Å²) in [6.07, 6.45) is 4.12. The van der Waals surface area contributed by atoms with Crippen molar-refractivity contribution in [3.63, 3.8) is 0 Å². The molecule has 1 saturated carbocycles. The summed E-state index contributed by atoms with van der Waals surface area (Å²) in [5.74, 6) is 0.289. The van der Waals surface area contributed by atoms with E-state index in [0.717, 1.165) is 12.1 Å². The van der Waals surface area contributed by atoms with Gasteiger partial charge in [0.1, 0.15) is 0 Å². The normalized spacial score (nSPS) is 16.1. The fourth-order valence-corrected chi connectivity index (χ4v) is 3.23. The van der Waals surface area contributed by atoms with Gasteiger partial charge in [0.05, 0.1) is 0 Å². The predicted molar refractivity (Wildman–Crippen MR) is 78.8 cm³/mol. The molecule has 0 bridgehead atoms. The molecule has 112 valence electrons. The highest BCUT2D eigenvalue weighted by molar-refractivity contribution is 7.89. The molecule has 2 rings (SSSR count). The summed E-state index contributed by atoms with van der Waals surface area (Å²) in [4.78, 5) is 4.11. The van der Waals surface area contributed by atoms with Crippen molar-refractivity contribution in [2.75, 3.05) is 13.6 Å². The highest BCUT2D eigenvalue weighted by atomic mass is 32.2. The topological polar surface area (TPSA) is 62.3 Å². The largest absolute Gasteiger partial charge is 0.310 e. The number of sulfonamides is 1. The van der Waals surface area contributed by atoms with Gasteiger partial charge in [-0.3, -0.25) is 0 Å². The van der Waals surface area contributed by atoms with Crippen LogP contribution in [0, 0.1) is 5.92 Å². The highest BCUT2D eigenvalue weighted by Crippen LogP contribution is 2.19. The van der Waals surface area contributed by atoms with Crippen molar-refractivity contribution in [3.8, 4) is 0 Å². The molecule has 0 amide bonds. The predicted octanol–water partition coefficient (Wildman–Crippen LogP) is 1.61. The zero-order valence-corrected chi connectivity index (χ0v) is 13.2. The maximum Gasteiger partial charge on any atom is 0.260 e. The van der Waals surface area contributed by atoms with Crippen molar-refractivity contribution < 1.29 is 8.42 Å². The van der Waals surface area contributed by atoms with E-state index in [1.165, 1.54) is 17.1 Å². The van der Waals surface area contributed by atoms with Gasteiger partial charge in [-0.05, 0) is 30.4 Å². The van der Waals surface area contributed by atoms with Gasteiger partial charge < -0.3 is 5.32 Å². The molecule has 0 aliphatic heterocycles. The maximum atomic E-state index is 12.3. The van der Waals surface area contributed by atoms with E-state index in [9.17, 15) is 8.42 Å². The summed E-state index contributed by atoms with van der Waals surface area (Å²) in [5, 5.41) is 3.50. The maximum absolute atomic E-state index is 12.3. The Balaban J connectivity index is 2.03. The minimum Gasteiger partial charge on any atom is -0.310 e. The van der Waals surface area contributed by atoms with Crippen molar-refractivity contribution in [1.82, 2.24) is 14.6 Å². The first kappa shape index (κ1) is 15.4. The Hall–Kier alpha value is -0.980. The molecule has 1 aromatic rings. The molecule has 6 heteroatoms. The molecule has 0 radical (unpaired) electrons. The van der Waals surface area contributed by atoms with Crippen LogP contribution < -0.4 is 5.32 Å². The van der Waals surface area contributed by atoms with Crippen molar-refractivity contribution in [2.45, 2.75) is 44.3 Å². The van der Waals surface area contributed by atoms with E-state index < -0.39 is 10.0 Å². The van der Waals surface area contributed by atoms with Crippen LogP contribution in [-0.4, -0.2) is 37.3 Å². The molecule has 5 nitrogen and oxygen atoms in total. The average molecular weight is 297 g/mol. The summed E-state index contributed by atoms with van der Waals surface area (Å²) >= 11 is 0. The molecule has 1 N–H and O–H groups in total. The monoisotopic (exact) mass is 297 g/mol. The molecule has 1 aliphatic carbocycles. The molecule has 1 aliphatic rings. The standard InChI is InChI=1S/C14H23N3O2S/c1-11(2)10-17(3)20(18,19)14-7-4-12(9-16-14)8-15-13-5-6-13/h4,7,9,11,13,15H,5-6,8,10H2,1-3H3. The van der Waals surface area contributed by atoms with Gasteiger partial charge >= 0.3 is 0 Å². The van der Waals surface area contributed by atoms with Gasteiger partial charge in [0.2, 0.25) is 0 Å². The molecule has 0 spiro atoms. The third-order valence-corrected chi connectivity index (χ3v) is 5.01. The van der Waals surface area contributed by atoms with Crippen LogP contribution in [0.25, 0.3) is 0 Å². The second-order valence-corrected chi connectivity index (χ2v) is 7.83. The molecule has 20 heavy (non-hydrogen) atoms. The summed E-state index contributed by atoms with van der Waals surface area (Å²) in [7, 11) is -1.87. The second kappa shape index (κ2) is 6.20. The van der Waals surface area contributed by atoms with Gasteiger partial charge in [0.15, 0.2) is 5.03 Å². The van der Waals surface area contributed by atoms with Crippen LogP contribution in [0.4, 0.5) is 0 Å². The number of rotatable bonds is 7. The van der Waals surface area contributed by atoms with Crippen LogP contribution >= 0.6 is 0 Å². The first-order valence-corrected chi connectivity index (χ1v) is 8.48. The third kappa shape index (κ3) is 4.01. The van der Waals surface area contributed by atoms with E-state index in [-0.39, 0.29) is 10.9 Å². The Kier molecular flexibility index (Phi) is 4.78. The molecule has 1 fully saturated rings. The molecule has 0 aromatic carbocycles. The fraction of sp³-hybridized carbons (Fsp3) is 0.643. The van der Waals surface area contributed by atoms with Crippen LogP contribution in [-0.2, 0) is 16.6 Å². The summed E-state index contributed by atoms with van der Waals surface area (Å²) in [5.41, 5.74) is 1.02. The van der Waals surface area contributed by atoms with Gasteiger partial charge in [-0.25, -0.2) is 13.4 Å². The lowest BCUT2D eigenvalue weighted by molar-refractivity contribution is 0.415. The summed E-state index contributed by atoms with van der Waals surface area (Å²) < 4.78 is 26.0. The van der Waals surface area contributed by atoms with Crippen LogP contribution in [0.15, 0.2) is 23.4 Å². The van der Waals surface area contributed by atoms with Crippen LogP contribution in [0.3, 0.4) is 0 Å². The minimum absolute atomic E-state index is 0.121. The van der Waals surface area contributed by atoms with Crippen LogP contribution in [0.5, 0.6) is 0 Å². The third-order valence-electron chi connectivity index (χ3n) is 3.27. The minimum atomic E-state index is -3.47. The van der Waals surface area contributed by atoms with E-state index >= 15 is 0 Å². The Bertz CT molecular complexity index is 536. The fourth-order valence-electron chi connectivity index (χ4n) is 1.99. The zero-order chi connectivity index (χ0) is 14.8. The number of pyridine rings is 1. The van der Waals surface area contributed by atoms with E-state index in [1.54, 1.807) is 19.3 Å². The average Bonchev–Trinajstić information content (AvgIpc) is 3.20. The Morgan fingerprint density at radius 3 is 2.60 bits per heavy atom. The highest BCUT2D eigenvalue weighted by Gasteiger charge is 2.23. The first-order chi connectivity index (χ1) is 9.39. The molecule has 1 aromatic heterocycles. The molecule has 1 heterocycles. The van der Waals surface area contributed by atoms with Gasteiger partial charge in [-0.1, -0.05) is 19.9 Å². The summed E-state index contributed by atoms with van der Waals surface area (Å²) in [6, 6.07) is 4.06. The lowest BCUT2D eigenvalue weighted by Gasteiger charge is -2.18. The Morgan fingerprint density at radius 1 is 1.40 bits per heavy atom. The Labute approximate surface area is 121 Å². The van der Waals surface area contributed by atoms with Crippen molar-refractivity contribution in [1.29, 1.82) is 0 Å². The number of aromatic nitrogens is 1. The molecule has 0 saturated heterocycles. The lowest BCUT2D eigenvalue weighted by Crippen LogP contribution is -2.31. The van der Waals surface area contributed by atoms with Crippen LogP contribution in [0.2, 0.25) is 0 Å². The zero-order valence-electron chi connectivity index (χ0n) is 12.3. The van der Waals surface area contributed by atoms with E-state index in [2.05, 4.69) is 10.3 Å². The molecular formula is C14H23N3O2S. The molecular weight excluding hydrogens is 274 g/mol. The quantitative estimate of drug-likeness (QED) is 0.830. The summed E-state index contributed by atoms with van der Waals surface area (Å²) in [6.45, 7) is 5.23. The van der Waals surface area contributed by atoms with Gasteiger partial charge in [0.25, 0.3) is 10.0 Å². The smallest absolute Gasteiger partial charge is 0.260 e. The SMILES string of the molecule is CC(C)CN(C)S(=O)(=O)c1ccc(CNC2CC2)cn1. The first-order valence-electron chi connectivity index (χ1n) is 7.04. The van der Waals surface area contributed by atoms with Crippen molar-refractivity contribution in [3.05, 3.63) is 23.9 Å². The lowest BCUT2D eigenvalue weighted by atomic mass is 10.2. The van der Waals surface area contributed by atoms with E-state index in [0.29, 0.717) is 12.6 Å². The van der Waals surface area contributed by atoms with Crippen molar-refractivity contribution >= 4 is 10.0 Å². The number of hydrogen-bond acceptors (Lipinski definition) is 4. The number of nitrogens with zero attached hydrogens (tertiary/aromatic N) is 2. The van der Waals surface area contributed by atoms with E-state index in [4.69, 9.17) is 0 Å². The van der Waals surface area contributed by atoms with E-state index in [1.807, 2.05) is 19.9 Å². The molecule has 0 atom stereocenters.